The third-order valence-electron chi connectivity index (χ3n) is 4.25. The quantitative estimate of drug-likeness (QED) is 0.819. The first-order valence-corrected chi connectivity index (χ1v) is 8.74. The van der Waals surface area contributed by atoms with Gasteiger partial charge in [-0.25, -0.2) is 4.79 Å². The Bertz CT molecular complexity index is 877. The molecule has 1 saturated heterocycles. The lowest BCUT2D eigenvalue weighted by atomic mass is 10.2. The monoisotopic (exact) mass is 362 g/mol. The predicted molar refractivity (Wildman–Crippen MR) is 107 cm³/mol. The molecule has 2 aromatic rings. The molecule has 3 amide bonds. The van der Waals surface area contributed by atoms with E-state index in [1.807, 2.05) is 55.4 Å². The summed E-state index contributed by atoms with van der Waals surface area (Å²) in [6.45, 7) is 1.61. The van der Waals surface area contributed by atoms with Gasteiger partial charge in [0, 0.05) is 49.7 Å². The minimum Gasteiger partial charge on any atom is -0.378 e. The molecular formula is C21H22N4O2. The molecule has 1 aliphatic rings. The SMILES string of the molecule is CN(C)c1ccc(C(=O)NCC#Cc2ccc(N3CCNC3=O)cc2)cc1. The van der Waals surface area contributed by atoms with Crippen molar-refractivity contribution in [2.45, 2.75) is 0 Å². The number of nitrogens with zero attached hydrogens (tertiary/aromatic N) is 2. The van der Waals surface area contributed by atoms with Gasteiger partial charge in [-0.1, -0.05) is 11.8 Å². The highest BCUT2D eigenvalue weighted by atomic mass is 16.2. The molecule has 138 valence electrons. The maximum Gasteiger partial charge on any atom is 0.321 e. The van der Waals surface area contributed by atoms with Crippen LogP contribution in [0.5, 0.6) is 0 Å². The summed E-state index contributed by atoms with van der Waals surface area (Å²) in [5.41, 5.74) is 3.34. The fourth-order valence-corrected chi connectivity index (χ4v) is 2.73. The van der Waals surface area contributed by atoms with Crippen molar-refractivity contribution in [3.05, 3.63) is 59.7 Å². The van der Waals surface area contributed by atoms with Crippen LogP contribution in [0, 0.1) is 11.8 Å². The molecule has 6 nitrogen and oxygen atoms in total. The minimum atomic E-state index is -0.148. The number of carbonyl (C=O) groups excluding carboxylic acids is 2. The number of carbonyl (C=O) groups is 2. The molecule has 0 saturated carbocycles. The normalized spacial score (nSPS) is 12.8. The van der Waals surface area contributed by atoms with Crippen molar-refractivity contribution in [1.82, 2.24) is 10.6 Å². The molecule has 0 radical (unpaired) electrons. The molecule has 0 spiro atoms. The van der Waals surface area contributed by atoms with Crippen LogP contribution in [0.25, 0.3) is 0 Å². The molecule has 2 aromatic carbocycles. The number of amides is 3. The summed E-state index contributed by atoms with van der Waals surface area (Å²) in [7, 11) is 3.91. The summed E-state index contributed by atoms with van der Waals surface area (Å²) >= 11 is 0. The molecule has 0 aliphatic carbocycles. The summed E-state index contributed by atoms with van der Waals surface area (Å²) in [5, 5.41) is 5.57. The number of rotatable bonds is 4. The lowest BCUT2D eigenvalue weighted by Gasteiger charge is -2.13. The first-order chi connectivity index (χ1) is 13.0. The summed E-state index contributed by atoms with van der Waals surface area (Å²) in [4.78, 5) is 27.4. The van der Waals surface area contributed by atoms with Gasteiger partial charge in [0.25, 0.3) is 5.91 Å². The molecule has 2 N–H and O–H groups in total. The fourth-order valence-electron chi connectivity index (χ4n) is 2.73. The Morgan fingerprint density at radius 1 is 1.15 bits per heavy atom. The van der Waals surface area contributed by atoms with Gasteiger partial charge in [0.2, 0.25) is 0 Å². The van der Waals surface area contributed by atoms with Crippen LogP contribution >= 0.6 is 0 Å². The van der Waals surface area contributed by atoms with Gasteiger partial charge in [-0.05, 0) is 48.5 Å². The summed E-state index contributed by atoms with van der Waals surface area (Å²) < 4.78 is 0. The smallest absolute Gasteiger partial charge is 0.321 e. The van der Waals surface area contributed by atoms with Gasteiger partial charge in [-0.2, -0.15) is 0 Å². The van der Waals surface area contributed by atoms with Crippen LogP contribution < -0.4 is 20.4 Å². The van der Waals surface area contributed by atoms with Crippen molar-refractivity contribution in [3.8, 4) is 11.8 Å². The van der Waals surface area contributed by atoms with Gasteiger partial charge >= 0.3 is 6.03 Å². The first kappa shape index (κ1) is 18.3. The fraction of sp³-hybridized carbons (Fsp3) is 0.238. The average molecular weight is 362 g/mol. The number of hydrogen-bond donors (Lipinski definition) is 2. The Hall–Kier alpha value is -3.46. The van der Waals surface area contributed by atoms with Crippen molar-refractivity contribution in [3.63, 3.8) is 0 Å². The lowest BCUT2D eigenvalue weighted by Crippen LogP contribution is -2.27. The second-order valence-corrected chi connectivity index (χ2v) is 6.36. The Balaban J connectivity index is 1.52. The first-order valence-electron chi connectivity index (χ1n) is 8.74. The standard InChI is InChI=1S/C21H22N4O2/c1-24(2)18-11-7-17(8-12-18)20(26)22-13-3-4-16-5-9-19(10-6-16)25-15-14-23-21(25)27/h5-12H,13-15H2,1-2H3,(H,22,26)(H,23,27). The van der Waals surface area contributed by atoms with Crippen molar-refractivity contribution in [1.29, 1.82) is 0 Å². The molecule has 0 aromatic heterocycles. The van der Waals surface area contributed by atoms with Gasteiger partial charge in [0.15, 0.2) is 0 Å². The Morgan fingerprint density at radius 3 is 2.44 bits per heavy atom. The highest BCUT2D eigenvalue weighted by Crippen LogP contribution is 2.16. The maximum atomic E-state index is 12.1. The largest absolute Gasteiger partial charge is 0.378 e. The summed E-state index contributed by atoms with van der Waals surface area (Å²) in [5.74, 6) is 5.81. The van der Waals surface area contributed by atoms with Crippen molar-refractivity contribution >= 4 is 23.3 Å². The highest BCUT2D eigenvalue weighted by Gasteiger charge is 2.20. The number of urea groups is 1. The van der Waals surface area contributed by atoms with Gasteiger partial charge in [0.05, 0.1) is 6.54 Å². The van der Waals surface area contributed by atoms with Crippen LogP contribution in [0.4, 0.5) is 16.2 Å². The zero-order chi connectivity index (χ0) is 19.2. The maximum absolute atomic E-state index is 12.1. The van der Waals surface area contributed by atoms with Crippen LogP contribution in [0.1, 0.15) is 15.9 Å². The summed E-state index contributed by atoms with van der Waals surface area (Å²) in [6, 6.07) is 14.8. The lowest BCUT2D eigenvalue weighted by molar-refractivity contribution is 0.0958. The van der Waals surface area contributed by atoms with E-state index in [-0.39, 0.29) is 18.5 Å². The Morgan fingerprint density at radius 2 is 1.85 bits per heavy atom. The van der Waals surface area contributed by atoms with Gasteiger partial charge in [-0.3, -0.25) is 9.69 Å². The highest BCUT2D eigenvalue weighted by molar-refractivity contribution is 5.95. The average Bonchev–Trinajstić information content (AvgIpc) is 3.11. The molecule has 1 aliphatic heterocycles. The molecule has 0 atom stereocenters. The topological polar surface area (TPSA) is 64.7 Å². The summed E-state index contributed by atoms with van der Waals surface area (Å²) in [6.07, 6.45) is 0. The van der Waals surface area contributed by atoms with Gasteiger partial charge in [0.1, 0.15) is 0 Å². The van der Waals surface area contributed by atoms with E-state index in [0.29, 0.717) is 18.7 Å². The molecule has 1 fully saturated rings. The molecule has 1 heterocycles. The predicted octanol–water partition coefficient (Wildman–Crippen LogP) is 2.06. The van der Waals surface area contributed by atoms with E-state index in [1.54, 1.807) is 17.0 Å². The van der Waals surface area contributed by atoms with Crippen LogP contribution in [0.2, 0.25) is 0 Å². The van der Waals surface area contributed by atoms with Crippen molar-refractivity contribution in [2.24, 2.45) is 0 Å². The van der Waals surface area contributed by atoms with E-state index in [0.717, 1.165) is 16.9 Å². The van der Waals surface area contributed by atoms with Crippen molar-refractivity contribution < 1.29 is 9.59 Å². The van der Waals surface area contributed by atoms with E-state index in [1.165, 1.54) is 0 Å². The number of anilines is 2. The van der Waals surface area contributed by atoms with Crippen LogP contribution in [0.3, 0.4) is 0 Å². The number of hydrogen-bond acceptors (Lipinski definition) is 3. The second-order valence-electron chi connectivity index (χ2n) is 6.36. The Labute approximate surface area is 159 Å². The zero-order valence-corrected chi connectivity index (χ0v) is 15.5. The molecule has 0 bridgehead atoms. The zero-order valence-electron chi connectivity index (χ0n) is 15.5. The molecular weight excluding hydrogens is 340 g/mol. The van der Waals surface area contributed by atoms with E-state index >= 15 is 0 Å². The second kappa shape index (κ2) is 8.28. The van der Waals surface area contributed by atoms with E-state index in [4.69, 9.17) is 0 Å². The van der Waals surface area contributed by atoms with Gasteiger partial charge < -0.3 is 15.5 Å². The molecule has 27 heavy (non-hydrogen) atoms. The number of nitrogens with one attached hydrogen (secondary N) is 2. The minimum absolute atomic E-state index is 0.0739. The molecule has 6 heteroatoms. The van der Waals surface area contributed by atoms with Crippen LogP contribution in [0.15, 0.2) is 48.5 Å². The van der Waals surface area contributed by atoms with E-state index in [9.17, 15) is 9.59 Å². The third kappa shape index (κ3) is 4.59. The molecule has 3 rings (SSSR count). The van der Waals surface area contributed by atoms with Crippen LogP contribution in [-0.2, 0) is 0 Å². The van der Waals surface area contributed by atoms with E-state index < -0.39 is 0 Å². The van der Waals surface area contributed by atoms with Crippen molar-refractivity contribution in [2.75, 3.05) is 43.5 Å². The van der Waals surface area contributed by atoms with Crippen LogP contribution in [-0.4, -0.2) is 45.7 Å². The van der Waals surface area contributed by atoms with E-state index in [2.05, 4.69) is 22.5 Å². The Kier molecular flexibility index (Phi) is 5.62. The molecule has 0 unspecified atom stereocenters. The third-order valence-corrected chi connectivity index (χ3v) is 4.25. The van der Waals surface area contributed by atoms with Gasteiger partial charge in [-0.15, -0.1) is 0 Å². The number of benzene rings is 2.